The van der Waals surface area contributed by atoms with E-state index in [0.717, 1.165) is 0 Å². The van der Waals surface area contributed by atoms with Crippen molar-refractivity contribution in [1.82, 2.24) is 19.2 Å². The van der Waals surface area contributed by atoms with Crippen molar-refractivity contribution in [1.29, 1.82) is 0 Å². The van der Waals surface area contributed by atoms with E-state index >= 15 is 0 Å². The Kier molecular flexibility index (Phi) is 6.12. The number of halogens is 1. The highest BCUT2D eigenvalue weighted by molar-refractivity contribution is 7.89. The summed E-state index contributed by atoms with van der Waals surface area (Å²) in [5.74, 6) is -0.318. The fourth-order valence-corrected chi connectivity index (χ4v) is 4.33. The number of H-pyrrole nitrogens is 2. The first-order chi connectivity index (χ1) is 11.8. The number of benzene rings is 1. The molecule has 0 aliphatic carbocycles. The van der Waals surface area contributed by atoms with E-state index in [1.807, 2.05) is 0 Å². The number of nitrogens with zero attached hydrogens (tertiary/aromatic N) is 2. The van der Waals surface area contributed by atoms with Gasteiger partial charge in [0.1, 0.15) is 0 Å². The van der Waals surface area contributed by atoms with Crippen molar-refractivity contribution < 1.29 is 13.2 Å². The quantitative estimate of drug-likeness (QED) is 0.645. The molecule has 4 N–H and O–H groups in total. The number of nitrogens with two attached hydrogens (primary N) is 1. The van der Waals surface area contributed by atoms with Crippen LogP contribution in [0.2, 0.25) is 0 Å². The molecule has 0 radical (unpaired) electrons. The number of aromatic nitrogens is 2. The third kappa shape index (κ3) is 3.78. The highest BCUT2D eigenvalue weighted by atomic mass is 35.5. The van der Waals surface area contributed by atoms with E-state index in [-0.39, 0.29) is 54.5 Å². The maximum atomic E-state index is 12.8. The predicted octanol–water partition coefficient (Wildman–Crippen LogP) is -0.294. The topological polar surface area (TPSA) is 132 Å². The minimum Gasteiger partial charge on any atom is -0.340 e. The number of carbonyl (C=O) groups is 1. The molecule has 1 aromatic carbocycles. The Morgan fingerprint density at radius 1 is 1.19 bits per heavy atom. The van der Waals surface area contributed by atoms with Crippen LogP contribution in [-0.4, -0.2) is 66.2 Å². The lowest BCUT2D eigenvalue weighted by atomic mass is 10.1. The molecule has 1 amide bonds. The van der Waals surface area contributed by atoms with Crippen molar-refractivity contribution in [2.75, 3.05) is 32.7 Å². The highest BCUT2D eigenvalue weighted by Gasteiger charge is 2.31. The van der Waals surface area contributed by atoms with Crippen molar-refractivity contribution in [2.45, 2.75) is 11.8 Å². The maximum absolute atomic E-state index is 12.8. The van der Waals surface area contributed by atoms with Crippen LogP contribution in [0.5, 0.6) is 0 Å². The van der Waals surface area contributed by atoms with E-state index in [1.165, 1.54) is 16.4 Å². The summed E-state index contributed by atoms with van der Waals surface area (Å²) in [6.07, 6.45) is 0. The van der Waals surface area contributed by atoms with Gasteiger partial charge in [0.2, 0.25) is 15.9 Å². The predicted molar refractivity (Wildman–Crippen MR) is 99.7 cm³/mol. The van der Waals surface area contributed by atoms with E-state index in [9.17, 15) is 18.0 Å². The SMILES string of the molecule is CC(CN)C(=O)N1CCN(S(=O)(=O)c2ccc3[nH]c(=O)[nH]c3c2)CC1.Cl. The Bertz CT molecular complexity index is 946. The molecule has 1 fully saturated rings. The number of carbonyl (C=O) groups excluding carboxylic acids is 1. The van der Waals surface area contributed by atoms with Crippen molar-refractivity contribution in [3.63, 3.8) is 0 Å². The molecule has 1 aromatic heterocycles. The number of aromatic amines is 2. The Balaban J connectivity index is 0.00000243. The molecule has 9 nitrogen and oxygen atoms in total. The Morgan fingerprint density at radius 3 is 2.42 bits per heavy atom. The zero-order chi connectivity index (χ0) is 18.2. The zero-order valence-corrected chi connectivity index (χ0v) is 15.9. The fraction of sp³-hybridized carbons (Fsp3) is 0.467. The number of nitrogens with one attached hydrogen (secondary N) is 2. The van der Waals surface area contributed by atoms with Gasteiger partial charge in [-0.15, -0.1) is 12.4 Å². The third-order valence-corrected chi connectivity index (χ3v) is 6.35. The van der Waals surface area contributed by atoms with Crippen molar-refractivity contribution in [3.05, 3.63) is 28.7 Å². The van der Waals surface area contributed by atoms with Gasteiger partial charge in [0.25, 0.3) is 0 Å². The summed E-state index contributed by atoms with van der Waals surface area (Å²) in [4.78, 5) is 30.4. The van der Waals surface area contributed by atoms with Crippen LogP contribution in [0.3, 0.4) is 0 Å². The number of hydrogen-bond donors (Lipinski definition) is 3. The average molecular weight is 404 g/mol. The van der Waals surface area contributed by atoms with Crippen LogP contribution in [0.1, 0.15) is 6.92 Å². The molecule has 144 valence electrons. The first kappa shape index (κ1) is 20.4. The molecule has 11 heteroatoms. The second-order valence-corrected chi connectivity index (χ2v) is 8.09. The minimum atomic E-state index is -3.68. The molecule has 2 heterocycles. The van der Waals surface area contributed by atoms with Gasteiger partial charge in [-0.1, -0.05) is 6.92 Å². The largest absolute Gasteiger partial charge is 0.340 e. The summed E-state index contributed by atoms with van der Waals surface area (Å²) < 4.78 is 27.0. The summed E-state index contributed by atoms with van der Waals surface area (Å²) in [6, 6.07) is 4.47. The molecule has 1 atom stereocenters. The number of amides is 1. The molecule has 26 heavy (non-hydrogen) atoms. The van der Waals surface area contributed by atoms with Gasteiger partial charge in [-0.2, -0.15) is 4.31 Å². The molecule has 0 spiro atoms. The van der Waals surface area contributed by atoms with Gasteiger partial charge >= 0.3 is 5.69 Å². The Hall–Kier alpha value is -1.88. The van der Waals surface area contributed by atoms with Crippen LogP contribution in [0.15, 0.2) is 27.9 Å². The number of imidazole rings is 1. The molecule has 1 unspecified atom stereocenters. The number of hydrogen-bond acceptors (Lipinski definition) is 5. The van der Waals surface area contributed by atoms with Crippen molar-refractivity contribution in [2.24, 2.45) is 11.7 Å². The van der Waals surface area contributed by atoms with Gasteiger partial charge in [0, 0.05) is 38.6 Å². The van der Waals surface area contributed by atoms with Crippen LogP contribution in [0.25, 0.3) is 11.0 Å². The van der Waals surface area contributed by atoms with Gasteiger partial charge in [-0.25, -0.2) is 13.2 Å². The van der Waals surface area contributed by atoms with E-state index in [1.54, 1.807) is 17.9 Å². The average Bonchev–Trinajstić information content (AvgIpc) is 2.99. The van der Waals surface area contributed by atoms with Gasteiger partial charge in [0.15, 0.2) is 0 Å². The molecule has 3 rings (SSSR count). The molecule has 0 saturated carbocycles. The summed E-state index contributed by atoms with van der Waals surface area (Å²) in [5, 5.41) is 0. The summed E-state index contributed by atoms with van der Waals surface area (Å²) in [5.41, 5.74) is 6.13. The lowest BCUT2D eigenvalue weighted by molar-refractivity contribution is -0.135. The Labute approximate surface area is 157 Å². The number of rotatable bonds is 4. The maximum Gasteiger partial charge on any atom is 0.323 e. The molecule has 0 bridgehead atoms. The van der Waals surface area contributed by atoms with E-state index in [2.05, 4.69) is 9.97 Å². The van der Waals surface area contributed by atoms with Crippen LogP contribution >= 0.6 is 12.4 Å². The molecule has 1 saturated heterocycles. The number of fused-ring (bicyclic) bond motifs is 1. The normalized spacial score (nSPS) is 17.1. The van der Waals surface area contributed by atoms with Gasteiger partial charge in [-0.3, -0.25) is 4.79 Å². The summed E-state index contributed by atoms with van der Waals surface area (Å²) in [7, 11) is -3.68. The first-order valence-electron chi connectivity index (χ1n) is 8.04. The van der Waals surface area contributed by atoms with Crippen molar-refractivity contribution >= 4 is 39.4 Å². The summed E-state index contributed by atoms with van der Waals surface area (Å²) in [6.45, 7) is 3.17. The standard InChI is InChI=1S/C15H21N5O4S.ClH/c1-10(9-16)14(21)19-4-6-20(7-5-19)25(23,24)11-2-3-12-13(8-11)18-15(22)17-12;/h2-3,8,10H,4-7,9,16H2,1H3,(H2,17,18,22);1H. The third-order valence-electron chi connectivity index (χ3n) is 4.45. The van der Waals surface area contributed by atoms with Gasteiger partial charge in [-0.05, 0) is 18.2 Å². The number of piperazine rings is 1. The van der Waals surface area contributed by atoms with E-state index in [0.29, 0.717) is 24.1 Å². The molecular weight excluding hydrogens is 382 g/mol. The van der Waals surface area contributed by atoms with Gasteiger partial charge < -0.3 is 20.6 Å². The minimum absolute atomic E-state index is 0. The van der Waals surface area contributed by atoms with Gasteiger partial charge in [0.05, 0.1) is 15.9 Å². The summed E-state index contributed by atoms with van der Waals surface area (Å²) >= 11 is 0. The number of sulfonamides is 1. The van der Waals surface area contributed by atoms with Crippen LogP contribution < -0.4 is 11.4 Å². The first-order valence-corrected chi connectivity index (χ1v) is 9.48. The Morgan fingerprint density at radius 2 is 1.81 bits per heavy atom. The lowest BCUT2D eigenvalue weighted by Gasteiger charge is -2.35. The molecule has 2 aromatic rings. The lowest BCUT2D eigenvalue weighted by Crippen LogP contribution is -2.52. The van der Waals surface area contributed by atoms with E-state index in [4.69, 9.17) is 5.73 Å². The fourth-order valence-electron chi connectivity index (χ4n) is 2.88. The van der Waals surface area contributed by atoms with Crippen LogP contribution in [0.4, 0.5) is 0 Å². The monoisotopic (exact) mass is 403 g/mol. The highest BCUT2D eigenvalue weighted by Crippen LogP contribution is 2.21. The molecule has 1 aliphatic rings. The second kappa shape index (κ2) is 7.78. The molecule has 1 aliphatic heterocycles. The smallest absolute Gasteiger partial charge is 0.323 e. The zero-order valence-electron chi connectivity index (χ0n) is 14.3. The van der Waals surface area contributed by atoms with E-state index < -0.39 is 10.0 Å². The molecular formula is C15H22ClN5O4S. The van der Waals surface area contributed by atoms with Crippen LogP contribution in [-0.2, 0) is 14.8 Å². The van der Waals surface area contributed by atoms with Crippen LogP contribution in [0, 0.1) is 5.92 Å². The van der Waals surface area contributed by atoms with Crippen molar-refractivity contribution in [3.8, 4) is 0 Å². The second-order valence-electron chi connectivity index (χ2n) is 6.15.